The molecule has 0 bridgehead atoms. The van der Waals surface area contributed by atoms with Crippen LogP contribution in [-0.4, -0.2) is 26.3 Å². The van der Waals surface area contributed by atoms with Gasteiger partial charge in [-0.1, -0.05) is 19.8 Å². The van der Waals surface area contributed by atoms with Crippen molar-refractivity contribution in [3.63, 3.8) is 0 Å². The summed E-state index contributed by atoms with van der Waals surface area (Å²) in [5.74, 6) is 0. The Morgan fingerprint density at radius 1 is 0.923 bits per heavy atom. The van der Waals surface area contributed by atoms with Gasteiger partial charge in [0.25, 0.3) is 0 Å². The Bertz CT molecular complexity index is 76.2. The van der Waals surface area contributed by atoms with Gasteiger partial charge in [-0.25, -0.2) is 0 Å². The molecule has 0 aliphatic rings. The first-order valence-electron chi connectivity index (χ1n) is 5.70. The van der Waals surface area contributed by atoms with Crippen LogP contribution in [0.4, 0.5) is 0 Å². The van der Waals surface area contributed by atoms with Crippen molar-refractivity contribution in [3.05, 3.63) is 0 Å². The number of ether oxygens (including phenoxy) is 1. The highest BCUT2D eigenvalue weighted by Crippen LogP contribution is 1.98. The number of rotatable bonds is 10. The summed E-state index contributed by atoms with van der Waals surface area (Å²) in [6.45, 7) is 8.40. The van der Waals surface area contributed by atoms with Gasteiger partial charge in [0.2, 0.25) is 0 Å². The molecule has 0 unspecified atom stereocenters. The van der Waals surface area contributed by atoms with Gasteiger partial charge in [0.1, 0.15) is 0 Å². The minimum absolute atomic E-state index is 0.859. The van der Waals surface area contributed by atoms with Crippen LogP contribution in [0.25, 0.3) is 0 Å². The molecule has 0 radical (unpaired) electrons. The second-order valence-electron chi connectivity index (χ2n) is 3.36. The summed E-state index contributed by atoms with van der Waals surface area (Å²) < 4.78 is 5.26. The summed E-state index contributed by atoms with van der Waals surface area (Å²) in [7, 11) is 0. The second-order valence-corrected chi connectivity index (χ2v) is 3.36. The van der Waals surface area contributed by atoms with E-state index in [0.717, 1.165) is 13.2 Å². The van der Waals surface area contributed by atoms with Crippen LogP contribution in [0.1, 0.15) is 46.0 Å². The van der Waals surface area contributed by atoms with Crippen LogP contribution >= 0.6 is 0 Å². The van der Waals surface area contributed by atoms with Gasteiger partial charge in [0.15, 0.2) is 0 Å². The molecule has 2 nitrogen and oxygen atoms in total. The predicted molar refractivity (Wildman–Crippen MR) is 58.1 cm³/mol. The monoisotopic (exact) mass is 187 g/mol. The van der Waals surface area contributed by atoms with Crippen molar-refractivity contribution < 1.29 is 4.74 Å². The lowest BCUT2D eigenvalue weighted by Gasteiger charge is -2.03. The Morgan fingerprint density at radius 2 is 1.69 bits per heavy atom. The summed E-state index contributed by atoms with van der Waals surface area (Å²) in [4.78, 5) is 0. The minimum atomic E-state index is 0.859. The summed E-state index contributed by atoms with van der Waals surface area (Å²) in [6, 6.07) is 0. The molecular formula is C11H25NO. The van der Waals surface area contributed by atoms with Gasteiger partial charge in [-0.3, -0.25) is 0 Å². The second kappa shape index (κ2) is 11.9. The normalized spacial score (nSPS) is 10.6. The molecule has 0 atom stereocenters. The fraction of sp³-hybridized carbons (Fsp3) is 1.00. The molecule has 1 N–H and O–H groups in total. The van der Waals surface area contributed by atoms with Gasteiger partial charge >= 0.3 is 0 Å². The molecule has 0 amide bonds. The third-order valence-corrected chi connectivity index (χ3v) is 2.02. The van der Waals surface area contributed by atoms with E-state index in [2.05, 4.69) is 19.2 Å². The van der Waals surface area contributed by atoms with E-state index in [9.17, 15) is 0 Å². The van der Waals surface area contributed by atoms with Gasteiger partial charge in [-0.05, 0) is 39.3 Å². The van der Waals surface area contributed by atoms with Crippen molar-refractivity contribution in [3.8, 4) is 0 Å². The van der Waals surface area contributed by atoms with Crippen molar-refractivity contribution in [2.75, 3.05) is 26.3 Å². The lowest BCUT2D eigenvalue weighted by molar-refractivity contribution is 0.143. The Kier molecular flexibility index (Phi) is 11.8. The Balaban J connectivity index is 2.76. The minimum Gasteiger partial charge on any atom is -0.382 e. The highest BCUT2D eigenvalue weighted by atomic mass is 16.5. The molecule has 0 aromatic carbocycles. The standard InChI is InChI=1S/C11H25NO/c1-3-9-12-10-7-5-6-8-11-13-4-2/h12H,3-11H2,1-2H3. The lowest BCUT2D eigenvalue weighted by atomic mass is 10.2. The van der Waals surface area contributed by atoms with Gasteiger partial charge in [0, 0.05) is 13.2 Å². The largest absolute Gasteiger partial charge is 0.382 e. The molecule has 0 saturated carbocycles. The Labute approximate surface area is 83.1 Å². The summed E-state index contributed by atoms with van der Waals surface area (Å²) in [5.41, 5.74) is 0. The quantitative estimate of drug-likeness (QED) is 0.531. The Hall–Kier alpha value is -0.0800. The van der Waals surface area contributed by atoms with Crippen molar-refractivity contribution in [1.82, 2.24) is 5.32 Å². The van der Waals surface area contributed by atoms with E-state index in [-0.39, 0.29) is 0 Å². The zero-order chi connectivity index (χ0) is 9.78. The number of unbranched alkanes of at least 4 members (excludes halogenated alkanes) is 3. The maximum Gasteiger partial charge on any atom is 0.0465 e. The van der Waals surface area contributed by atoms with E-state index in [1.807, 2.05) is 0 Å². The van der Waals surface area contributed by atoms with Crippen molar-refractivity contribution in [2.24, 2.45) is 0 Å². The molecule has 0 fully saturated rings. The molecule has 0 heterocycles. The van der Waals surface area contributed by atoms with E-state index in [4.69, 9.17) is 4.74 Å². The average molecular weight is 187 g/mol. The molecule has 0 aliphatic heterocycles. The third-order valence-electron chi connectivity index (χ3n) is 2.02. The molecule has 2 heteroatoms. The first kappa shape index (κ1) is 12.9. The highest BCUT2D eigenvalue weighted by molar-refractivity contribution is 4.47. The molecule has 0 aliphatic carbocycles. The van der Waals surface area contributed by atoms with Crippen LogP contribution in [0.3, 0.4) is 0 Å². The van der Waals surface area contributed by atoms with Crippen molar-refractivity contribution in [2.45, 2.75) is 46.0 Å². The number of hydrogen-bond donors (Lipinski definition) is 1. The van der Waals surface area contributed by atoms with E-state index in [1.54, 1.807) is 0 Å². The van der Waals surface area contributed by atoms with Gasteiger partial charge < -0.3 is 10.1 Å². The average Bonchev–Trinajstić information content (AvgIpc) is 2.16. The zero-order valence-corrected chi connectivity index (χ0v) is 9.27. The third kappa shape index (κ3) is 11.9. The fourth-order valence-electron chi connectivity index (χ4n) is 1.25. The Morgan fingerprint density at radius 3 is 2.38 bits per heavy atom. The van der Waals surface area contributed by atoms with Crippen LogP contribution in [0.15, 0.2) is 0 Å². The SMILES string of the molecule is CCCNCCCCCCOCC. The molecule has 13 heavy (non-hydrogen) atoms. The van der Waals surface area contributed by atoms with Gasteiger partial charge in [0.05, 0.1) is 0 Å². The predicted octanol–water partition coefficient (Wildman–Crippen LogP) is 2.58. The van der Waals surface area contributed by atoms with E-state index in [0.29, 0.717) is 0 Å². The van der Waals surface area contributed by atoms with Gasteiger partial charge in [-0.15, -0.1) is 0 Å². The van der Waals surface area contributed by atoms with Gasteiger partial charge in [-0.2, -0.15) is 0 Å². The van der Waals surface area contributed by atoms with E-state index in [1.165, 1.54) is 45.2 Å². The lowest BCUT2D eigenvalue weighted by Crippen LogP contribution is -2.15. The molecule has 0 aromatic heterocycles. The molecule has 0 saturated heterocycles. The maximum atomic E-state index is 5.26. The molecular weight excluding hydrogens is 162 g/mol. The maximum absolute atomic E-state index is 5.26. The number of nitrogens with one attached hydrogen (secondary N) is 1. The van der Waals surface area contributed by atoms with Crippen LogP contribution in [-0.2, 0) is 4.74 Å². The highest BCUT2D eigenvalue weighted by Gasteiger charge is 1.89. The van der Waals surface area contributed by atoms with Crippen LogP contribution in [0, 0.1) is 0 Å². The molecule has 0 rings (SSSR count). The van der Waals surface area contributed by atoms with Crippen LogP contribution in [0.2, 0.25) is 0 Å². The molecule has 80 valence electrons. The van der Waals surface area contributed by atoms with Crippen LogP contribution in [0.5, 0.6) is 0 Å². The van der Waals surface area contributed by atoms with Crippen LogP contribution < -0.4 is 5.32 Å². The first-order valence-corrected chi connectivity index (χ1v) is 5.70. The summed E-state index contributed by atoms with van der Waals surface area (Å²) in [5, 5.41) is 3.41. The topological polar surface area (TPSA) is 21.3 Å². The molecule has 0 aromatic rings. The first-order chi connectivity index (χ1) is 6.41. The fourth-order valence-corrected chi connectivity index (χ4v) is 1.25. The van der Waals surface area contributed by atoms with Crippen molar-refractivity contribution >= 4 is 0 Å². The molecule has 0 spiro atoms. The number of hydrogen-bond acceptors (Lipinski definition) is 2. The smallest absolute Gasteiger partial charge is 0.0465 e. The zero-order valence-electron chi connectivity index (χ0n) is 9.27. The van der Waals surface area contributed by atoms with E-state index >= 15 is 0 Å². The van der Waals surface area contributed by atoms with E-state index < -0.39 is 0 Å². The summed E-state index contributed by atoms with van der Waals surface area (Å²) in [6.07, 6.45) is 6.43. The summed E-state index contributed by atoms with van der Waals surface area (Å²) >= 11 is 0. The van der Waals surface area contributed by atoms with Crippen molar-refractivity contribution in [1.29, 1.82) is 0 Å².